The summed E-state index contributed by atoms with van der Waals surface area (Å²) >= 11 is 7.27. The minimum Gasteiger partial charge on any atom is -0.390 e. The van der Waals surface area contributed by atoms with Gasteiger partial charge in [0, 0.05) is 11.0 Å². The molecule has 1 unspecified atom stereocenters. The summed E-state index contributed by atoms with van der Waals surface area (Å²) in [5.41, 5.74) is 2.02. The number of hydrogen-bond donors (Lipinski definition) is 1. The van der Waals surface area contributed by atoms with E-state index < -0.39 is 17.4 Å². The molecule has 0 bridgehead atoms. The number of aryl methyl sites for hydroxylation is 1. The number of alkyl halides is 1. The number of hydrogen-bond acceptors (Lipinski definition) is 4. The van der Waals surface area contributed by atoms with Gasteiger partial charge in [-0.05, 0) is 43.0 Å². The number of aliphatic hydroxyl groups is 1. The first-order chi connectivity index (χ1) is 13.4. The number of halogens is 1. The summed E-state index contributed by atoms with van der Waals surface area (Å²) in [5.74, 6) is -0.0615. The third-order valence-electron chi connectivity index (χ3n) is 4.44. The number of aromatic nitrogens is 2. The van der Waals surface area contributed by atoms with E-state index in [0.717, 1.165) is 20.6 Å². The van der Waals surface area contributed by atoms with E-state index in [-0.39, 0.29) is 12.4 Å². The van der Waals surface area contributed by atoms with Crippen molar-refractivity contribution in [2.75, 3.05) is 12.1 Å². The van der Waals surface area contributed by atoms with Crippen LogP contribution in [0.2, 0.25) is 0 Å². The zero-order valence-corrected chi connectivity index (χ0v) is 17.2. The molecule has 2 aromatic carbocycles. The van der Waals surface area contributed by atoms with Crippen LogP contribution in [0.1, 0.15) is 5.56 Å². The molecule has 0 amide bonds. The molecule has 0 saturated heterocycles. The van der Waals surface area contributed by atoms with Crippen molar-refractivity contribution in [2.45, 2.75) is 24.5 Å². The van der Waals surface area contributed by atoms with Crippen LogP contribution in [0.3, 0.4) is 0 Å². The molecule has 1 aromatic heterocycles. The Morgan fingerprint density at radius 1 is 1.07 bits per heavy atom. The minimum atomic E-state index is -0.982. The fourth-order valence-electron chi connectivity index (χ4n) is 2.92. The summed E-state index contributed by atoms with van der Waals surface area (Å²) in [6.45, 7) is 1.82. The Bertz CT molecular complexity index is 1070. The van der Waals surface area contributed by atoms with Crippen molar-refractivity contribution < 1.29 is 5.11 Å². The van der Waals surface area contributed by atoms with Crippen molar-refractivity contribution in [2.24, 2.45) is 0 Å². The zero-order valence-electron chi connectivity index (χ0n) is 15.6. The molecule has 0 aliphatic carbocycles. The van der Waals surface area contributed by atoms with E-state index >= 15 is 0 Å². The predicted octanol–water partition coefficient (Wildman–Crippen LogP) is 3.30. The molecular formula is C21H21ClN2O3S. The highest BCUT2D eigenvalue weighted by atomic mass is 35.5. The second-order valence-corrected chi connectivity index (χ2v) is 7.66. The average molecular weight is 417 g/mol. The summed E-state index contributed by atoms with van der Waals surface area (Å²) < 4.78 is 2.52. The van der Waals surface area contributed by atoms with Crippen molar-refractivity contribution >= 4 is 23.4 Å². The molecule has 1 heterocycles. The molecule has 3 aromatic rings. The average Bonchev–Trinajstić information content (AvgIpc) is 2.71. The number of benzene rings is 2. The molecule has 0 saturated carbocycles. The van der Waals surface area contributed by atoms with Gasteiger partial charge in [0.2, 0.25) is 0 Å². The van der Waals surface area contributed by atoms with Crippen molar-refractivity contribution in [3.63, 3.8) is 0 Å². The lowest BCUT2D eigenvalue weighted by molar-refractivity contribution is 0.173. The van der Waals surface area contributed by atoms with Gasteiger partial charge in [-0.25, -0.2) is 4.79 Å². The molecule has 0 spiro atoms. The monoisotopic (exact) mass is 416 g/mol. The van der Waals surface area contributed by atoms with Crippen LogP contribution in [-0.4, -0.2) is 32.5 Å². The standard InChI is InChI=1S/C21H21ClN2O3S/c1-14-3-5-15(6-4-14)19-11-20(26)23(13-17(25)12-22)21(27)24(19)16-7-9-18(28-2)10-8-16/h3-11,17,25H,12-13H2,1-2H3. The largest absolute Gasteiger partial charge is 0.390 e. The Balaban J connectivity index is 2.27. The molecule has 3 rings (SSSR count). The molecule has 146 valence electrons. The Morgan fingerprint density at radius 3 is 2.29 bits per heavy atom. The van der Waals surface area contributed by atoms with Gasteiger partial charge in [0.15, 0.2) is 0 Å². The van der Waals surface area contributed by atoms with E-state index in [1.165, 1.54) is 10.6 Å². The van der Waals surface area contributed by atoms with Gasteiger partial charge in [-0.2, -0.15) is 0 Å². The predicted molar refractivity (Wildman–Crippen MR) is 115 cm³/mol. The van der Waals surface area contributed by atoms with Gasteiger partial charge in [-0.1, -0.05) is 29.8 Å². The lowest BCUT2D eigenvalue weighted by Gasteiger charge is -2.17. The maximum Gasteiger partial charge on any atom is 0.336 e. The molecule has 28 heavy (non-hydrogen) atoms. The van der Waals surface area contributed by atoms with Gasteiger partial charge >= 0.3 is 5.69 Å². The smallest absolute Gasteiger partial charge is 0.336 e. The van der Waals surface area contributed by atoms with E-state index in [1.54, 1.807) is 11.8 Å². The van der Waals surface area contributed by atoms with Crippen molar-refractivity contribution in [1.82, 2.24) is 9.13 Å². The van der Waals surface area contributed by atoms with Crippen LogP contribution in [0.5, 0.6) is 0 Å². The number of nitrogens with zero attached hydrogens (tertiary/aromatic N) is 2. The molecule has 1 N–H and O–H groups in total. The lowest BCUT2D eigenvalue weighted by atomic mass is 10.1. The third-order valence-corrected chi connectivity index (χ3v) is 5.54. The molecular weight excluding hydrogens is 396 g/mol. The minimum absolute atomic E-state index is 0.0615. The first kappa shape index (κ1) is 20.5. The first-order valence-electron chi connectivity index (χ1n) is 8.77. The van der Waals surface area contributed by atoms with Crippen LogP contribution >= 0.6 is 23.4 Å². The topological polar surface area (TPSA) is 64.2 Å². The molecule has 7 heteroatoms. The summed E-state index contributed by atoms with van der Waals surface area (Å²) in [6.07, 6.45) is 0.997. The van der Waals surface area contributed by atoms with Crippen LogP contribution in [0.4, 0.5) is 0 Å². The van der Waals surface area contributed by atoms with E-state index in [4.69, 9.17) is 11.6 Å². The number of thioether (sulfide) groups is 1. The Morgan fingerprint density at radius 2 is 1.71 bits per heavy atom. The second-order valence-electron chi connectivity index (χ2n) is 6.47. The lowest BCUT2D eigenvalue weighted by Crippen LogP contribution is -2.42. The molecule has 0 aliphatic rings. The van der Waals surface area contributed by atoms with Crippen LogP contribution in [0.25, 0.3) is 16.9 Å². The zero-order chi connectivity index (χ0) is 20.3. The normalized spacial score (nSPS) is 12.1. The maximum atomic E-state index is 13.2. The van der Waals surface area contributed by atoms with Gasteiger partial charge in [0.1, 0.15) is 0 Å². The molecule has 1 atom stereocenters. The van der Waals surface area contributed by atoms with E-state index in [9.17, 15) is 14.7 Å². The highest BCUT2D eigenvalue weighted by molar-refractivity contribution is 7.98. The first-order valence-corrected chi connectivity index (χ1v) is 10.5. The summed E-state index contributed by atoms with van der Waals surface area (Å²) in [5, 5.41) is 9.86. The fourth-order valence-corrected chi connectivity index (χ4v) is 3.43. The molecule has 0 fully saturated rings. The number of aliphatic hydroxyl groups excluding tert-OH is 1. The van der Waals surface area contributed by atoms with E-state index in [1.807, 2.05) is 61.7 Å². The van der Waals surface area contributed by atoms with Gasteiger partial charge in [-0.15, -0.1) is 23.4 Å². The number of rotatable bonds is 6. The SMILES string of the molecule is CSc1ccc(-n2c(-c3ccc(C)cc3)cc(=O)n(CC(O)CCl)c2=O)cc1. The third kappa shape index (κ3) is 4.24. The molecule has 0 radical (unpaired) electrons. The highest BCUT2D eigenvalue weighted by Crippen LogP contribution is 2.22. The van der Waals surface area contributed by atoms with Crippen molar-refractivity contribution in [1.29, 1.82) is 0 Å². The summed E-state index contributed by atoms with van der Waals surface area (Å²) in [4.78, 5) is 26.9. The summed E-state index contributed by atoms with van der Waals surface area (Å²) in [6, 6.07) is 16.6. The van der Waals surface area contributed by atoms with Crippen LogP contribution in [-0.2, 0) is 6.54 Å². The van der Waals surface area contributed by atoms with Crippen molar-refractivity contribution in [3.05, 3.63) is 81.0 Å². The molecule has 0 aliphatic heterocycles. The van der Waals surface area contributed by atoms with Gasteiger partial charge < -0.3 is 5.11 Å². The van der Waals surface area contributed by atoms with Crippen molar-refractivity contribution in [3.8, 4) is 16.9 Å². The van der Waals surface area contributed by atoms with Gasteiger partial charge in [0.25, 0.3) is 5.56 Å². The highest BCUT2D eigenvalue weighted by Gasteiger charge is 2.16. The Labute approximate surface area is 172 Å². The van der Waals surface area contributed by atoms with Crippen LogP contribution in [0.15, 0.2) is 69.1 Å². The maximum absolute atomic E-state index is 13.2. The Kier molecular flexibility index (Phi) is 6.44. The van der Waals surface area contributed by atoms with Crippen LogP contribution < -0.4 is 11.2 Å². The Hall–Kier alpha value is -2.28. The van der Waals surface area contributed by atoms with Crippen LogP contribution in [0, 0.1) is 6.92 Å². The van der Waals surface area contributed by atoms with E-state index in [2.05, 4.69) is 0 Å². The van der Waals surface area contributed by atoms with E-state index in [0.29, 0.717) is 11.4 Å². The second kappa shape index (κ2) is 8.82. The quantitative estimate of drug-likeness (QED) is 0.494. The van der Waals surface area contributed by atoms with Gasteiger partial charge in [0.05, 0.1) is 29.9 Å². The summed E-state index contributed by atoms with van der Waals surface area (Å²) in [7, 11) is 0. The van der Waals surface area contributed by atoms with Gasteiger partial charge in [-0.3, -0.25) is 13.9 Å². The fraction of sp³-hybridized carbons (Fsp3) is 0.238. The molecule has 5 nitrogen and oxygen atoms in total.